The highest BCUT2D eigenvalue weighted by molar-refractivity contribution is 5.63. The SMILES string of the molecule is COC1CCN(c2ccc(N3CCN(CC4CCOCC4)CC3)c(C3CCC(C)(C)CC3)c2)CC1. The lowest BCUT2D eigenvalue weighted by molar-refractivity contribution is 0.0517. The van der Waals surface area contributed by atoms with E-state index in [1.54, 1.807) is 5.56 Å². The van der Waals surface area contributed by atoms with Crippen molar-refractivity contribution < 1.29 is 9.47 Å². The van der Waals surface area contributed by atoms with Crippen molar-refractivity contribution in [1.82, 2.24) is 4.90 Å². The molecule has 5 heteroatoms. The monoisotopic (exact) mass is 483 g/mol. The zero-order valence-electron chi connectivity index (χ0n) is 22.6. The number of anilines is 2. The highest BCUT2D eigenvalue weighted by Gasteiger charge is 2.31. The number of methoxy groups -OCH3 is 1. The van der Waals surface area contributed by atoms with Gasteiger partial charge >= 0.3 is 0 Å². The molecular weight excluding hydrogens is 434 g/mol. The van der Waals surface area contributed by atoms with Crippen molar-refractivity contribution in [2.75, 3.05) is 75.9 Å². The number of benzene rings is 1. The Kier molecular flexibility index (Phi) is 8.25. The van der Waals surface area contributed by atoms with Crippen LogP contribution in [0.1, 0.15) is 76.7 Å². The number of rotatable bonds is 6. The molecule has 196 valence electrons. The van der Waals surface area contributed by atoms with E-state index in [9.17, 15) is 0 Å². The molecule has 0 radical (unpaired) electrons. The Bertz CT molecular complexity index is 796. The van der Waals surface area contributed by atoms with Crippen LogP contribution in [-0.4, -0.2) is 77.1 Å². The summed E-state index contributed by atoms with van der Waals surface area (Å²) in [5, 5.41) is 0. The fourth-order valence-electron chi connectivity index (χ4n) is 6.88. The smallest absolute Gasteiger partial charge is 0.0605 e. The standard InChI is InChI=1S/C30H49N3O2/c1-30(2)12-6-25(7-13-30)28-22-26(32-14-8-27(34-3)9-15-32)4-5-29(28)33-18-16-31(17-19-33)23-24-10-20-35-21-11-24/h4-5,22,24-25,27H,6-21,23H2,1-3H3. The van der Waals surface area contributed by atoms with Crippen molar-refractivity contribution in [3.05, 3.63) is 23.8 Å². The fraction of sp³-hybridized carbons (Fsp3) is 0.800. The van der Waals surface area contributed by atoms with Gasteiger partial charge in [0.1, 0.15) is 0 Å². The molecule has 1 aliphatic carbocycles. The Hall–Kier alpha value is -1.30. The Balaban J connectivity index is 1.29. The van der Waals surface area contributed by atoms with Crippen molar-refractivity contribution in [2.24, 2.45) is 11.3 Å². The molecule has 0 spiro atoms. The van der Waals surface area contributed by atoms with Crippen LogP contribution in [0, 0.1) is 11.3 Å². The summed E-state index contributed by atoms with van der Waals surface area (Å²) < 4.78 is 11.2. The van der Waals surface area contributed by atoms with Gasteiger partial charge in [-0.05, 0) is 92.4 Å². The number of piperidine rings is 1. The van der Waals surface area contributed by atoms with Gasteiger partial charge in [0.15, 0.2) is 0 Å². The van der Waals surface area contributed by atoms with E-state index in [-0.39, 0.29) is 0 Å². The van der Waals surface area contributed by atoms with E-state index in [1.807, 2.05) is 7.11 Å². The molecule has 0 atom stereocenters. The van der Waals surface area contributed by atoms with E-state index < -0.39 is 0 Å². The second-order valence-electron chi connectivity index (χ2n) is 12.4. The van der Waals surface area contributed by atoms with Gasteiger partial charge < -0.3 is 19.3 Å². The number of hydrogen-bond donors (Lipinski definition) is 0. The van der Waals surface area contributed by atoms with Gasteiger partial charge in [0.05, 0.1) is 6.10 Å². The summed E-state index contributed by atoms with van der Waals surface area (Å²) >= 11 is 0. The van der Waals surface area contributed by atoms with Gasteiger partial charge in [-0.15, -0.1) is 0 Å². The molecule has 0 aromatic heterocycles. The van der Waals surface area contributed by atoms with Gasteiger partial charge in [-0.25, -0.2) is 0 Å². The van der Waals surface area contributed by atoms with E-state index in [0.717, 1.165) is 58.2 Å². The van der Waals surface area contributed by atoms with Crippen LogP contribution in [0.5, 0.6) is 0 Å². The number of ether oxygens (including phenoxy) is 2. The molecule has 0 unspecified atom stereocenters. The zero-order chi connectivity index (χ0) is 24.3. The second-order valence-corrected chi connectivity index (χ2v) is 12.4. The van der Waals surface area contributed by atoms with E-state index in [1.165, 1.54) is 69.5 Å². The summed E-state index contributed by atoms with van der Waals surface area (Å²) in [6, 6.07) is 7.47. The minimum atomic E-state index is 0.433. The maximum absolute atomic E-state index is 5.63. The highest BCUT2D eigenvalue weighted by Crippen LogP contribution is 2.46. The normalized spacial score (nSPS) is 25.8. The summed E-state index contributed by atoms with van der Waals surface area (Å²) in [5.74, 6) is 1.53. The predicted molar refractivity (Wildman–Crippen MR) is 146 cm³/mol. The summed E-state index contributed by atoms with van der Waals surface area (Å²) in [7, 11) is 1.86. The molecule has 3 saturated heterocycles. The largest absolute Gasteiger partial charge is 0.381 e. The van der Waals surface area contributed by atoms with Crippen LogP contribution in [0.3, 0.4) is 0 Å². The minimum Gasteiger partial charge on any atom is -0.381 e. The molecule has 0 amide bonds. The Morgan fingerprint density at radius 2 is 1.54 bits per heavy atom. The first-order valence-corrected chi connectivity index (χ1v) is 14.5. The molecule has 1 saturated carbocycles. The van der Waals surface area contributed by atoms with Crippen LogP contribution >= 0.6 is 0 Å². The Labute approximate surface area is 214 Å². The summed E-state index contributed by atoms with van der Waals surface area (Å²) in [5.41, 5.74) is 5.09. The average molecular weight is 484 g/mol. The average Bonchev–Trinajstić information content (AvgIpc) is 2.90. The molecule has 5 rings (SSSR count). The van der Waals surface area contributed by atoms with E-state index in [4.69, 9.17) is 9.47 Å². The molecule has 4 fully saturated rings. The van der Waals surface area contributed by atoms with E-state index in [2.05, 4.69) is 46.7 Å². The van der Waals surface area contributed by atoms with Gasteiger partial charge in [0, 0.05) is 77.5 Å². The van der Waals surface area contributed by atoms with Crippen molar-refractivity contribution in [3.8, 4) is 0 Å². The van der Waals surface area contributed by atoms with Crippen LogP contribution in [0.2, 0.25) is 0 Å². The zero-order valence-corrected chi connectivity index (χ0v) is 22.6. The lowest BCUT2D eigenvalue weighted by Gasteiger charge is -2.41. The van der Waals surface area contributed by atoms with Gasteiger partial charge in [0.25, 0.3) is 0 Å². The summed E-state index contributed by atoms with van der Waals surface area (Å²) in [6.07, 6.45) is 10.6. The fourth-order valence-corrected chi connectivity index (χ4v) is 6.88. The van der Waals surface area contributed by atoms with Crippen LogP contribution in [-0.2, 0) is 9.47 Å². The molecular formula is C30H49N3O2. The maximum Gasteiger partial charge on any atom is 0.0605 e. The molecule has 4 aliphatic rings. The van der Waals surface area contributed by atoms with Gasteiger partial charge in [-0.2, -0.15) is 0 Å². The van der Waals surface area contributed by atoms with Crippen molar-refractivity contribution in [1.29, 1.82) is 0 Å². The first-order valence-electron chi connectivity index (χ1n) is 14.5. The lowest BCUT2D eigenvalue weighted by atomic mass is 9.71. The van der Waals surface area contributed by atoms with Crippen LogP contribution in [0.4, 0.5) is 11.4 Å². The Morgan fingerprint density at radius 3 is 2.20 bits per heavy atom. The molecule has 3 heterocycles. The third-order valence-electron chi connectivity index (χ3n) is 9.50. The first-order chi connectivity index (χ1) is 17.0. The lowest BCUT2D eigenvalue weighted by Crippen LogP contribution is -2.48. The minimum absolute atomic E-state index is 0.433. The topological polar surface area (TPSA) is 28.2 Å². The van der Waals surface area contributed by atoms with Crippen molar-refractivity contribution in [2.45, 2.75) is 77.2 Å². The number of piperazine rings is 1. The van der Waals surface area contributed by atoms with Crippen molar-refractivity contribution in [3.63, 3.8) is 0 Å². The van der Waals surface area contributed by atoms with Crippen LogP contribution in [0.15, 0.2) is 18.2 Å². The summed E-state index contributed by atoms with van der Waals surface area (Å²) in [4.78, 5) is 8.02. The molecule has 0 N–H and O–H groups in total. The van der Waals surface area contributed by atoms with Crippen molar-refractivity contribution >= 4 is 11.4 Å². The highest BCUT2D eigenvalue weighted by atomic mass is 16.5. The molecule has 35 heavy (non-hydrogen) atoms. The number of nitrogens with zero attached hydrogens (tertiary/aromatic N) is 3. The second kappa shape index (κ2) is 11.4. The van der Waals surface area contributed by atoms with E-state index in [0.29, 0.717) is 17.4 Å². The quantitative estimate of drug-likeness (QED) is 0.530. The maximum atomic E-state index is 5.63. The first kappa shape index (κ1) is 25.4. The van der Waals surface area contributed by atoms with Crippen LogP contribution in [0.25, 0.3) is 0 Å². The molecule has 5 nitrogen and oxygen atoms in total. The molecule has 1 aromatic rings. The molecule has 1 aromatic carbocycles. The predicted octanol–water partition coefficient (Wildman–Crippen LogP) is 5.53. The molecule has 0 bridgehead atoms. The number of hydrogen-bond acceptors (Lipinski definition) is 5. The van der Waals surface area contributed by atoms with Gasteiger partial charge in [0.2, 0.25) is 0 Å². The van der Waals surface area contributed by atoms with Crippen LogP contribution < -0.4 is 9.80 Å². The summed E-state index contributed by atoms with van der Waals surface area (Å²) in [6.45, 7) is 15.0. The third-order valence-corrected chi connectivity index (χ3v) is 9.50. The molecule has 3 aliphatic heterocycles. The Morgan fingerprint density at radius 1 is 0.857 bits per heavy atom. The van der Waals surface area contributed by atoms with Gasteiger partial charge in [-0.3, -0.25) is 4.90 Å². The van der Waals surface area contributed by atoms with Gasteiger partial charge in [-0.1, -0.05) is 13.8 Å². The van der Waals surface area contributed by atoms with E-state index >= 15 is 0 Å². The third kappa shape index (κ3) is 6.34.